The van der Waals surface area contributed by atoms with E-state index in [0.717, 1.165) is 49.1 Å². The van der Waals surface area contributed by atoms with Crippen LogP contribution >= 0.6 is 11.3 Å². The van der Waals surface area contributed by atoms with Gasteiger partial charge in [-0.05, 0) is 79.8 Å². The second-order valence-corrected chi connectivity index (χ2v) is 10.7. The first-order valence-corrected chi connectivity index (χ1v) is 12.0. The summed E-state index contributed by atoms with van der Waals surface area (Å²) >= 11 is 1.23. The summed E-state index contributed by atoms with van der Waals surface area (Å²) in [4.78, 5) is 13.4. The molecule has 28 heavy (non-hydrogen) atoms. The molecule has 0 atom stereocenters. The average Bonchev–Trinajstić information content (AvgIpc) is 3.38. The SMILES string of the molecule is Cc1ccc(S(=O)(=O)NCCNC(=O)Nc2c3c(cc4c2CCC4)CCC3)s1. The number of amides is 2. The Morgan fingerprint density at radius 1 is 1.04 bits per heavy atom. The lowest BCUT2D eigenvalue weighted by Gasteiger charge is -2.16. The maximum Gasteiger partial charge on any atom is 0.319 e. The molecule has 0 radical (unpaired) electrons. The Morgan fingerprint density at radius 2 is 1.71 bits per heavy atom. The molecule has 4 rings (SSSR count). The molecular weight excluding hydrogens is 394 g/mol. The number of hydrogen-bond acceptors (Lipinski definition) is 4. The minimum Gasteiger partial charge on any atom is -0.337 e. The van der Waals surface area contributed by atoms with Crippen LogP contribution in [0.3, 0.4) is 0 Å². The summed E-state index contributed by atoms with van der Waals surface area (Å²) in [6, 6.07) is 5.43. The third-order valence-corrected chi connectivity index (χ3v) is 8.35. The van der Waals surface area contributed by atoms with Crippen LogP contribution in [0.5, 0.6) is 0 Å². The van der Waals surface area contributed by atoms with E-state index in [1.807, 2.05) is 6.92 Å². The first-order valence-electron chi connectivity index (χ1n) is 9.71. The third-order valence-electron chi connectivity index (χ3n) is 5.39. The Balaban J connectivity index is 1.34. The Hall–Kier alpha value is -1.90. The molecule has 1 aromatic carbocycles. The zero-order chi connectivity index (χ0) is 19.7. The van der Waals surface area contributed by atoms with E-state index >= 15 is 0 Å². The Labute approximate surface area is 169 Å². The van der Waals surface area contributed by atoms with Crippen molar-refractivity contribution in [1.82, 2.24) is 10.0 Å². The van der Waals surface area contributed by atoms with Gasteiger partial charge in [-0.25, -0.2) is 17.9 Å². The van der Waals surface area contributed by atoms with Crippen molar-refractivity contribution in [3.8, 4) is 0 Å². The largest absolute Gasteiger partial charge is 0.337 e. The fraction of sp³-hybridized carbons (Fsp3) is 0.450. The van der Waals surface area contributed by atoms with Gasteiger partial charge in [0.1, 0.15) is 4.21 Å². The quantitative estimate of drug-likeness (QED) is 0.629. The number of carbonyl (C=O) groups is 1. The predicted molar refractivity (Wildman–Crippen MR) is 112 cm³/mol. The molecule has 2 aliphatic carbocycles. The zero-order valence-corrected chi connectivity index (χ0v) is 17.6. The van der Waals surface area contributed by atoms with Gasteiger partial charge in [-0.3, -0.25) is 0 Å². The summed E-state index contributed by atoms with van der Waals surface area (Å²) in [7, 11) is -3.52. The van der Waals surface area contributed by atoms with E-state index in [9.17, 15) is 13.2 Å². The number of urea groups is 1. The Bertz CT molecular complexity index is 980. The summed E-state index contributed by atoms with van der Waals surface area (Å²) in [5, 5.41) is 5.82. The van der Waals surface area contributed by atoms with E-state index in [2.05, 4.69) is 21.4 Å². The third kappa shape index (κ3) is 3.94. The van der Waals surface area contributed by atoms with E-state index in [-0.39, 0.29) is 19.1 Å². The van der Waals surface area contributed by atoms with Crippen LogP contribution in [0.4, 0.5) is 10.5 Å². The van der Waals surface area contributed by atoms with Gasteiger partial charge in [0.05, 0.1) is 0 Å². The number of benzene rings is 1. The lowest BCUT2D eigenvalue weighted by Crippen LogP contribution is -2.37. The van der Waals surface area contributed by atoms with Crippen LogP contribution in [0.2, 0.25) is 0 Å². The predicted octanol–water partition coefficient (Wildman–Crippen LogP) is 3.13. The molecule has 1 heterocycles. The van der Waals surface area contributed by atoms with Crippen molar-refractivity contribution in [2.45, 2.75) is 49.7 Å². The average molecular weight is 420 g/mol. The normalized spacial score (nSPS) is 15.3. The molecule has 0 unspecified atom stereocenters. The molecule has 0 bridgehead atoms. The van der Waals surface area contributed by atoms with Crippen LogP contribution in [0.25, 0.3) is 0 Å². The van der Waals surface area contributed by atoms with Crippen molar-refractivity contribution in [1.29, 1.82) is 0 Å². The highest BCUT2D eigenvalue weighted by molar-refractivity contribution is 7.91. The molecule has 8 heteroatoms. The molecule has 2 aromatic rings. The van der Waals surface area contributed by atoms with Gasteiger partial charge in [0.25, 0.3) is 0 Å². The summed E-state index contributed by atoms with van der Waals surface area (Å²) in [5.74, 6) is 0. The summed E-state index contributed by atoms with van der Waals surface area (Å²) in [6.45, 7) is 2.25. The highest BCUT2D eigenvalue weighted by Crippen LogP contribution is 2.38. The second-order valence-electron chi connectivity index (χ2n) is 7.38. The summed E-state index contributed by atoms with van der Waals surface area (Å²) in [5.41, 5.74) is 6.30. The zero-order valence-electron chi connectivity index (χ0n) is 15.9. The van der Waals surface area contributed by atoms with E-state index in [1.165, 1.54) is 33.6 Å². The molecule has 1 aromatic heterocycles. The van der Waals surface area contributed by atoms with E-state index in [4.69, 9.17) is 0 Å². The number of nitrogens with one attached hydrogen (secondary N) is 3. The fourth-order valence-electron chi connectivity index (χ4n) is 4.11. The van der Waals surface area contributed by atoms with E-state index < -0.39 is 10.0 Å². The Kier molecular flexibility index (Phi) is 5.44. The molecule has 2 aliphatic rings. The van der Waals surface area contributed by atoms with Gasteiger partial charge in [-0.2, -0.15) is 0 Å². The molecule has 6 nitrogen and oxygen atoms in total. The van der Waals surface area contributed by atoms with Crippen LogP contribution in [-0.4, -0.2) is 27.5 Å². The van der Waals surface area contributed by atoms with Crippen molar-refractivity contribution in [2.75, 3.05) is 18.4 Å². The first-order chi connectivity index (χ1) is 13.4. The fourth-order valence-corrected chi connectivity index (χ4v) is 6.47. The summed E-state index contributed by atoms with van der Waals surface area (Å²) in [6.07, 6.45) is 6.47. The van der Waals surface area contributed by atoms with Crippen molar-refractivity contribution in [3.05, 3.63) is 45.3 Å². The number of fused-ring (bicyclic) bond motifs is 2. The molecular formula is C20H25N3O3S2. The molecule has 2 amide bonds. The molecule has 3 N–H and O–H groups in total. The van der Waals surface area contributed by atoms with Gasteiger partial charge >= 0.3 is 6.03 Å². The van der Waals surface area contributed by atoms with Gasteiger partial charge < -0.3 is 10.6 Å². The minimum atomic E-state index is -3.52. The summed E-state index contributed by atoms with van der Waals surface area (Å²) < 4.78 is 27.2. The number of hydrogen-bond donors (Lipinski definition) is 3. The molecule has 0 aliphatic heterocycles. The minimum absolute atomic E-state index is 0.151. The standard InChI is InChI=1S/C20H25N3O3S2/c1-13-8-9-18(27-13)28(25,26)22-11-10-21-20(24)23-19-16-6-2-4-14(16)12-15-5-3-7-17(15)19/h8-9,12,22H,2-7,10-11H2,1H3,(H2,21,23,24). The van der Waals surface area contributed by atoms with Gasteiger partial charge in [0.2, 0.25) is 10.0 Å². The second kappa shape index (κ2) is 7.85. The number of anilines is 1. The highest BCUT2D eigenvalue weighted by atomic mass is 32.2. The topological polar surface area (TPSA) is 87.3 Å². The van der Waals surface area contributed by atoms with Crippen LogP contribution in [0.15, 0.2) is 22.4 Å². The monoisotopic (exact) mass is 419 g/mol. The molecule has 0 saturated carbocycles. The highest BCUT2D eigenvalue weighted by Gasteiger charge is 2.25. The van der Waals surface area contributed by atoms with Gasteiger partial charge in [-0.15, -0.1) is 11.3 Å². The maximum atomic E-state index is 12.4. The van der Waals surface area contributed by atoms with Crippen LogP contribution < -0.4 is 15.4 Å². The van der Waals surface area contributed by atoms with E-state index in [0.29, 0.717) is 4.21 Å². The van der Waals surface area contributed by atoms with Crippen molar-refractivity contribution < 1.29 is 13.2 Å². The van der Waals surface area contributed by atoms with Gasteiger partial charge in [0.15, 0.2) is 0 Å². The van der Waals surface area contributed by atoms with E-state index in [1.54, 1.807) is 12.1 Å². The number of aryl methyl sites for hydroxylation is 3. The number of rotatable bonds is 6. The number of thiophene rings is 1. The lowest BCUT2D eigenvalue weighted by atomic mass is 9.99. The van der Waals surface area contributed by atoms with Crippen molar-refractivity contribution in [3.63, 3.8) is 0 Å². The molecule has 0 fully saturated rings. The van der Waals surface area contributed by atoms with Crippen LogP contribution in [0, 0.1) is 6.92 Å². The molecule has 150 valence electrons. The smallest absolute Gasteiger partial charge is 0.319 e. The molecule has 0 spiro atoms. The number of sulfonamides is 1. The lowest BCUT2D eigenvalue weighted by molar-refractivity contribution is 0.252. The Morgan fingerprint density at radius 3 is 2.32 bits per heavy atom. The maximum absolute atomic E-state index is 12.4. The first kappa shape index (κ1) is 19.4. The van der Waals surface area contributed by atoms with Crippen LogP contribution in [-0.2, 0) is 35.7 Å². The van der Waals surface area contributed by atoms with Gasteiger partial charge in [0, 0.05) is 23.7 Å². The van der Waals surface area contributed by atoms with Gasteiger partial charge in [-0.1, -0.05) is 6.07 Å². The van der Waals surface area contributed by atoms with Crippen molar-refractivity contribution in [2.24, 2.45) is 0 Å². The van der Waals surface area contributed by atoms with Crippen LogP contribution in [0.1, 0.15) is 40.0 Å². The number of carbonyl (C=O) groups excluding carboxylic acids is 1. The molecule has 0 saturated heterocycles. The van der Waals surface area contributed by atoms with Crippen molar-refractivity contribution >= 4 is 33.1 Å².